The molecule has 0 bridgehead atoms. The van der Waals surface area contributed by atoms with Gasteiger partial charge in [-0.3, -0.25) is 10.1 Å². The molecule has 1 aliphatic rings. The van der Waals surface area contributed by atoms with E-state index in [4.69, 9.17) is 10.6 Å². The third-order valence-corrected chi connectivity index (χ3v) is 3.22. The van der Waals surface area contributed by atoms with Crippen molar-refractivity contribution in [2.24, 2.45) is 5.84 Å². The monoisotopic (exact) mass is 281 g/mol. The molecule has 8 nitrogen and oxygen atoms in total. The molecular weight excluding hydrogens is 262 g/mol. The van der Waals surface area contributed by atoms with Crippen LogP contribution < -0.4 is 16.6 Å². The Labute approximate surface area is 116 Å². The van der Waals surface area contributed by atoms with E-state index in [9.17, 15) is 10.1 Å². The summed E-state index contributed by atoms with van der Waals surface area (Å²) in [6.07, 6.45) is 4.51. The van der Waals surface area contributed by atoms with Gasteiger partial charge in [-0.25, -0.2) is 10.8 Å². The average molecular weight is 281 g/mol. The zero-order valence-electron chi connectivity index (χ0n) is 11.2. The fourth-order valence-electron chi connectivity index (χ4n) is 2.18. The summed E-state index contributed by atoms with van der Waals surface area (Å²) in [5, 5.41) is 13.9. The van der Waals surface area contributed by atoms with Crippen LogP contribution in [-0.2, 0) is 4.74 Å². The van der Waals surface area contributed by atoms with Crippen LogP contribution in [0.5, 0.6) is 0 Å². The second kappa shape index (κ2) is 7.01. The van der Waals surface area contributed by atoms with Crippen LogP contribution in [0.3, 0.4) is 0 Å². The van der Waals surface area contributed by atoms with Gasteiger partial charge < -0.3 is 15.5 Å². The lowest BCUT2D eigenvalue weighted by atomic mass is 10.1. The molecule has 0 amide bonds. The molecule has 1 fully saturated rings. The van der Waals surface area contributed by atoms with Gasteiger partial charge in [-0.2, -0.15) is 0 Å². The maximum Gasteiger partial charge on any atom is 0.276 e. The number of hydrogen-bond donors (Lipinski definition) is 3. The molecular formula is C12H19N5O3. The van der Waals surface area contributed by atoms with Crippen molar-refractivity contribution in [1.82, 2.24) is 4.98 Å². The summed E-state index contributed by atoms with van der Waals surface area (Å²) in [6.45, 7) is 1.48. The molecule has 1 aromatic rings. The maximum absolute atomic E-state index is 10.8. The number of pyridine rings is 1. The van der Waals surface area contributed by atoms with Crippen molar-refractivity contribution in [1.29, 1.82) is 0 Å². The zero-order chi connectivity index (χ0) is 14.4. The van der Waals surface area contributed by atoms with Crippen LogP contribution in [0.1, 0.15) is 25.7 Å². The minimum Gasteiger partial charge on any atom is -0.378 e. The lowest BCUT2D eigenvalue weighted by molar-refractivity contribution is -0.384. The molecule has 1 aromatic heterocycles. The fourth-order valence-corrected chi connectivity index (χ4v) is 2.18. The second-order valence-corrected chi connectivity index (χ2v) is 4.70. The molecule has 0 aromatic carbocycles. The molecule has 0 saturated carbocycles. The molecule has 8 heteroatoms. The summed E-state index contributed by atoms with van der Waals surface area (Å²) >= 11 is 0. The first kappa shape index (κ1) is 14.5. The molecule has 4 N–H and O–H groups in total. The smallest absolute Gasteiger partial charge is 0.276 e. The predicted octanol–water partition coefficient (Wildman–Crippen LogP) is 1.65. The van der Waals surface area contributed by atoms with Crippen molar-refractivity contribution >= 4 is 17.3 Å². The van der Waals surface area contributed by atoms with Gasteiger partial charge in [0.05, 0.1) is 23.2 Å². The Kier molecular flexibility index (Phi) is 5.08. The molecule has 0 spiro atoms. The number of hydrazine groups is 1. The number of ether oxygens (including phenoxy) is 1. The first-order valence-electron chi connectivity index (χ1n) is 6.67. The molecule has 1 atom stereocenters. The van der Waals surface area contributed by atoms with E-state index in [1.54, 1.807) is 0 Å². The molecule has 0 aliphatic carbocycles. The SMILES string of the molecule is NNc1cc([N+](=O)[O-])cc(NCCC2CCCCO2)n1. The number of nitrogen functional groups attached to an aromatic ring is 1. The predicted molar refractivity (Wildman–Crippen MR) is 75.4 cm³/mol. The van der Waals surface area contributed by atoms with Gasteiger partial charge in [0, 0.05) is 13.2 Å². The van der Waals surface area contributed by atoms with Gasteiger partial charge in [0.25, 0.3) is 5.69 Å². The first-order chi connectivity index (χ1) is 9.69. The topological polar surface area (TPSA) is 115 Å². The number of anilines is 2. The van der Waals surface area contributed by atoms with Gasteiger partial charge in [0.1, 0.15) is 11.6 Å². The summed E-state index contributed by atoms with van der Waals surface area (Å²) in [5.41, 5.74) is 2.27. The number of nitrogens with one attached hydrogen (secondary N) is 2. The summed E-state index contributed by atoms with van der Waals surface area (Å²) in [6, 6.07) is 2.68. The van der Waals surface area contributed by atoms with Gasteiger partial charge in [0.2, 0.25) is 0 Å². The van der Waals surface area contributed by atoms with Crippen LogP contribution in [0.15, 0.2) is 12.1 Å². The van der Waals surface area contributed by atoms with Crippen molar-refractivity contribution in [3.63, 3.8) is 0 Å². The third-order valence-electron chi connectivity index (χ3n) is 3.22. The highest BCUT2D eigenvalue weighted by molar-refractivity contribution is 5.54. The summed E-state index contributed by atoms with van der Waals surface area (Å²) in [4.78, 5) is 14.5. The van der Waals surface area contributed by atoms with Crippen LogP contribution in [0, 0.1) is 10.1 Å². The standard InChI is InChI=1S/C12H19N5O3/c13-16-12-8-9(17(18)19)7-11(15-12)14-5-4-10-3-1-2-6-20-10/h7-8,10H,1-6,13H2,(H2,14,15,16). The highest BCUT2D eigenvalue weighted by Gasteiger charge is 2.14. The van der Waals surface area contributed by atoms with E-state index >= 15 is 0 Å². The first-order valence-corrected chi connectivity index (χ1v) is 6.67. The quantitative estimate of drug-likeness (QED) is 0.412. The van der Waals surface area contributed by atoms with Gasteiger partial charge in [-0.1, -0.05) is 0 Å². The summed E-state index contributed by atoms with van der Waals surface area (Å²) in [7, 11) is 0. The highest BCUT2D eigenvalue weighted by atomic mass is 16.6. The van der Waals surface area contributed by atoms with Crippen molar-refractivity contribution in [3.05, 3.63) is 22.2 Å². The Morgan fingerprint density at radius 1 is 1.45 bits per heavy atom. The van der Waals surface area contributed by atoms with Crippen LogP contribution in [0.25, 0.3) is 0 Å². The molecule has 110 valence electrons. The van der Waals surface area contributed by atoms with Crippen LogP contribution >= 0.6 is 0 Å². The Bertz CT molecular complexity index is 462. The Balaban J connectivity index is 1.91. The number of hydrogen-bond acceptors (Lipinski definition) is 7. The lowest BCUT2D eigenvalue weighted by Gasteiger charge is -2.22. The van der Waals surface area contributed by atoms with Gasteiger partial charge in [-0.05, 0) is 25.7 Å². The van der Waals surface area contributed by atoms with Gasteiger partial charge >= 0.3 is 0 Å². The van der Waals surface area contributed by atoms with E-state index in [0.29, 0.717) is 12.4 Å². The van der Waals surface area contributed by atoms with E-state index in [-0.39, 0.29) is 17.6 Å². The third kappa shape index (κ3) is 4.04. The van der Waals surface area contributed by atoms with E-state index < -0.39 is 4.92 Å². The van der Waals surface area contributed by atoms with Crippen LogP contribution in [-0.4, -0.2) is 29.2 Å². The number of nitrogens with zero attached hydrogens (tertiary/aromatic N) is 2. The molecule has 1 aliphatic heterocycles. The molecule has 2 rings (SSSR count). The lowest BCUT2D eigenvalue weighted by Crippen LogP contribution is -2.22. The average Bonchev–Trinajstić information content (AvgIpc) is 2.48. The molecule has 2 heterocycles. The van der Waals surface area contributed by atoms with Crippen molar-refractivity contribution in [2.45, 2.75) is 31.8 Å². The fraction of sp³-hybridized carbons (Fsp3) is 0.583. The molecule has 1 saturated heterocycles. The van der Waals surface area contributed by atoms with E-state index in [0.717, 1.165) is 25.9 Å². The molecule has 1 unspecified atom stereocenters. The zero-order valence-corrected chi connectivity index (χ0v) is 11.2. The van der Waals surface area contributed by atoms with Crippen LogP contribution in [0.2, 0.25) is 0 Å². The van der Waals surface area contributed by atoms with E-state index in [1.807, 2.05) is 0 Å². The van der Waals surface area contributed by atoms with Crippen molar-refractivity contribution in [3.8, 4) is 0 Å². The Morgan fingerprint density at radius 3 is 2.90 bits per heavy atom. The van der Waals surface area contributed by atoms with Gasteiger partial charge in [0.15, 0.2) is 0 Å². The number of nitrogens with two attached hydrogens (primary N) is 1. The minimum atomic E-state index is -0.474. The normalized spacial score (nSPS) is 18.6. The second-order valence-electron chi connectivity index (χ2n) is 4.70. The number of rotatable bonds is 6. The van der Waals surface area contributed by atoms with E-state index in [2.05, 4.69) is 15.7 Å². The Morgan fingerprint density at radius 2 is 2.25 bits per heavy atom. The van der Waals surface area contributed by atoms with Crippen LogP contribution in [0.4, 0.5) is 17.3 Å². The Hall–Kier alpha value is -1.93. The highest BCUT2D eigenvalue weighted by Crippen LogP contribution is 2.20. The molecule has 0 radical (unpaired) electrons. The molecule has 20 heavy (non-hydrogen) atoms. The summed E-state index contributed by atoms with van der Waals surface area (Å²) < 4.78 is 5.62. The van der Waals surface area contributed by atoms with Gasteiger partial charge in [-0.15, -0.1) is 0 Å². The number of aromatic nitrogens is 1. The maximum atomic E-state index is 10.8. The largest absolute Gasteiger partial charge is 0.378 e. The number of nitro groups is 1. The minimum absolute atomic E-state index is 0.0515. The summed E-state index contributed by atoms with van der Waals surface area (Å²) in [5.74, 6) is 5.94. The van der Waals surface area contributed by atoms with Crippen molar-refractivity contribution < 1.29 is 9.66 Å². The van der Waals surface area contributed by atoms with Crippen molar-refractivity contribution in [2.75, 3.05) is 23.9 Å². The van der Waals surface area contributed by atoms with E-state index in [1.165, 1.54) is 18.6 Å².